The van der Waals surface area contributed by atoms with Gasteiger partial charge in [-0.3, -0.25) is 4.68 Å². The number of carbonyl (C=O) groups is 1. The molecule has 6 nitrogen and oxygen atoms in total. The Labute approximate surface area is 87.9 Å². The molecule has 1 aromatic heterocycles. The van der Waals surface area contributed by atoms with Gasteiger partial charge in [0.1, 0.15) is 12.2 Å². The summed E-state index contributed by atoms with van der Waals surface area (Å²) in [6, 6.07) is 0. The van der Waals surface area contributed by atoms with Crippen LogP contribution in [0.15, 0.2) is 6.33 Å². The van der Waals surface area contributed by atoms with Crippen molar-refractivity contribution < 1.29 is 14.6 Å². The second-order valence-electron chi connectivity index (χ2n) is 2.96. The predicted molar refractivity (Wildman–Crippen MR) is 52.0 cm³/mol. The van der Waals surface area contributed by atoms with Crippen molar-refractivity contribution in [2.24, 2.45) is 0 Å². The van der Waals surface area contributed by atoms with E-state index in [4.69, 9.17) is 0 Å². The second kappa shape index (κ2) is 5.45. The summed E-state index contributed by atoms with van der Waals surface area (Å²) in [5.74, 6) is -0.0405. The van der Waals surface area contributed by atoms with Crippen molar-refractivity contribution in [3.05, 3.63) is 12.2 Å². The van der Waals surface area contributed by atoms with Crippen LogP contribution in [0, 0.1) is 0 Å². The van der Waals surface area contributed by atoms with Gasteiger partial charge in [-0.2, -0.15) is 5.10 Å². The summed E-state index contributed by atoms with van der Waals surface area (Å²) in [6.45, 7) is 4.52. The minimum Gasteiger partial charge on any atom is -0.464 e. The number of rotatable bonds is 5. The van der Waals surface area contributed by atoms with E-state index in [1.165, 1.54) is 6.33 Å². The van der Waals surface area contributed by atoms with Gasteiger partial charge in [-0.15, -0.1) is 0 Å². The monoisotopic (exact) mass is 213 g/mol. The molecule has 1 aromatic rings. The van der Waals surface area contributed by atoms with Crippen LogP contribution in [-0.2, 0) is 22.5 Å². The molecule has 0 fully saturated rings. The fourth-order valence-corrected chi connectivity index (χ4v) is 1.21. The van der Waals surface area contributed by atoms with Gasteiger partial charge < -0.3 is 9.84 Å². The number of esters is 1. The third-order valence-corrected chi connectivity index (χ3v) is 1.93. The lowest BCUT2D eigenvalue weighted by molar-refractivity contribution is -0.152. The molecule has 0 saturated heterocycles. The SMILES string of the molecule is CCOC(=O)C(O)Cc1ncnn1CC. The normalized spacial score (nSPS) is 12.5. The van der Waals surface area contributed by atoms with Gasteiger partial charge in [-0.25, -0.2) is 9.78 Å². The first-order valence-electron chi connectivity index (χ1n) is 4.90. The number of aromatic nitrogens is 3. The molecule has 0 saturated carbocycles. The molecule has 0 aliphatic carbocycles. The first-order valence-corrected chi connectivity index (χ1v) is 4.90. The van der Waals surface area contributed by atoms with E-state index < -0.39 is 12.1 Å². The maximum absolute atomic E-state index is 11.1. The summed E-state index contributed by atoms with van der Waals surface area (Å²) in [6.07, 6.45) is 0.364. The Morgan fingerprint density at radius 3 is 3.00 bits per heavy atom. The Morgan fingerprint density at radius 1 is 1.67 bits per heavy atom. The first kappa shape index (κ1) is 11.6. The smallest absolute Gasteiger partial charge is 0.335 e. The lowest BCUT2D eigenvalue weighted by Crippen LogP contribution is -2.26. The van der Waals surface area contributed by atoms with E-state index in [1.54, 1.807) is 11.6 Å². The number of hydrogen-bond acceptors (Lipinski definition) is 5. The highest BCUT2D eigenvalue weighted by molar-refractivity contribution is 5.74. The van der Waals surface area contributed by atoms with Crippen molar-refractivity contribution in [3.8, 4) is 0 Å². The van der Waals surface area contributed by atoms with Crippen molar-refractivity contribution in [1.82, 2.24) is 14.8 Å². The zero-order valence-corrected chi connectivity index (χ0v) is 8.88. The highest BCUT2D eigenvalue weighted by Gasteiger charge is 2.19. The van der Waals surface area contributed by atoms with Gasteiger partial charge in [0, 0.05) is 13.0 Å². The molecule has 0 aliphatic heterocycles. The summed E-state index contributed by atoms with van der Waals surface area (Å²) < 4.78 is 6.31. The molecule has 15 heavy (non-hydrogen) atoms. The summed E-state index contributed by atoms with van der Waals surface area (Å²) in [4.78, 5) is 15.1. The quantitative estimate of drug-likeness (QED) is 0.683. The Morgan fingerprint density at radius 2 is 2.40 bits per heavy atom. The fraction of sp³-hybridized carbons (Fsp3) is 0.667. The number of aryl methyl sites for hydroxylation is 1. The van der Waals surface area contributed by atoms with E-state index in [0.29, 0.717) is 12.4 Å². The fourth-order valence-electron chi connectivity index (χ4n) is 1.21. The van der Waals surface area contributed by atoms with Crippen molar-refractivity contribution >= 4 is 5.97 Å². The first-order chi connectivity index (χ1) is 7.19. The van der Waals surface area contributed by atoms with E-state index >= 15 is 0 Å². The molecule has 0 radical (unpaired) electrons. The topological polar surface area (TPSA) is 77.2 Å². The highest BCUT2D eigenvalue weighted by atomic mass is 16.5. The van der Waals surface area contributed by atoms with E-state index in [2.05, 4.69) is 14.8 Å². The largest absolute Gasteiger partial charge is 0.464 e. The molecular formula is C9H15N3O3. The third-order valence-electron chi connectivity index (χ3n) is 1.93. The van der Waals surface area contributed by atoms with Crippen LogP contribution in [0.3, 0.4) is 0 Å². The van der Waals surface area contributed by atoms with Crippen LogP contribution in [0.25, 0.3) is 0 Å². The van der Waals surface area contributed by atoms with Gasteiger partial charge in [0.2, 0.25) is 0 Å². The maximum atomic E-state index is 11.1. The molecule has 1 heterocycles. The molecular weight excluding hydrogens is 198 g/mol. The Balaban J connectivity index is 2.57. The molecule has 1 unspecified atom stereocenters. The summed E-state index contributed by atoms with van der Waals surface area (Å²) >= 11 is 0. The molecule has 84 valence electrons. The number of ether oxygens (including phenoxy) is 1. The average Bonchev–Trinajstić information content (AvgIpc) is 2.65. The van der Waals surface area contributed by atoms with Crippen LogP contribution >= 0.6 is 0 Å². The van der Waals surface area contributed by atoms with Crippen LogP contribution in [0.4, 0.5) is 0 Å². The van der Waals surface area contributed by atoms with Crippen LogP contribution in [0.5, 0.6) is 0 Å². The lowest BCUT2D eigenvalue weighted by atomic mass is 10.2. The molecule has 1 atom stereocenters. The standard InChI is InChI=1S/C9H15N3O3/c1-3-12-8(10-6-11-12)5-7(13)9(14)15-4-2/h6-7,13H,3-5H2,1-2H3. The van der Waals surface area contributed by atoms with Crippen LogP contribution < -0.4 is 0 Å². The van der Waals surface area contributed by atoms with E-state index in [-0.39, 0.29) is 13.0 Å². The van der Waals surface area contributed by atoms with E-state index in [0.717, 1.165) is 0 Å². The van der Waals surface area contributed by atoms with Crippen molar-refractivity contribution in [2.45, 2.75) is 32.9 Å². The minimum absolute atomic E-state index is 0.132. The van der Waals surface area contributed by atoms with Gasteiger partial charge in [0.25, 0.3) is 0 Å². The van der Waals surface area contributed by atoms with Gasteiger partial charge in [-0.05, 0) is 13.8 Å². The predicted octanol–water partition coefficient (Wildman–Crippen LogP) is -0.236. The number of nitrogens with zero attached hydrogens (tertiary/aromatic N) is 3. The third kappa shape index (κ3) is 3.02. The van der Waals surface area contributed by atoms with Gasteiger partial charge in [0.05, 0.1) is 6.61 Å². The van der Waals surface area contributed by atoms with Crippen LogP contribution in [-0.4, -0.2) is 38.6 Å². The van der Waals surface area contributed by atoms with Crippen molar-refractivity contribution in [3.63, 3.8) is 0 Å². The lowest BCUT2D eigenvalue weighted by Gasteiger charge is -2.09. The number of aliphatic hydroxyl groups excluding tert-OH is 1. The Kier molecular flexibility index (Phi) is 4.23. The molecule has 0 amide bonds. The average molecular weight is 213 g/mol. The van der Waals surface area contributed by atoms with Crippen LogP contribution in [0.1, 0.15) is 19.7 Å². The van der Waals surface area contributed by atoms with E-state index in [1.807, 2.05) is 6.92 Å². The molecule has 0 aliphatic rings. The molecule has 1 rings (SSSR count). The summed E-state index contributed by atoms with van der Waals surface area (Å²) in [5, 5.41) is 13.4. The Hall–Kier alpha value is -1.43. The van der Waals surface area contributed by atoms with Crippen molar-refractivity contribution in [1.29, 1.82) is 0 Å². The van der Waals surface area contributed by atoms with E-state index in [9.17, 15) is 9.90 Å². The molecule has 1 N–H and O–H groups in total. The number of hydrogen-bond donors (Lipinski definition) is 1. The molecule has 0 spiro atoms. The Bertz CT molecular complexity index is 324. The minimum atomic E-state index is -1.17. The molecule has 6 heteroatoms. The summed E-state index contributed by atoms with van der Waals surface area (Å²) in [5.41, 5.74) is 0. The zero-order chi connectivity index (χ0) is 11.3. The highest BCUT2D eigenvalue weighted by Crippen LogP contribution is 2.01. The molecule has 0 aromatic carbocycles. The maximum Gasteiger partial charge on any atom is 0.335 e. The second-order valence-corrected chi connectivity index (χ2v) is 2.96. The molecule has 0 bridgehead atoms. The van der Waals surface area contributed by atoms with Gasteiger partial charge >= 0.3 is 5.97 Å². The number of carbonyl (C=O) groups excluding carboxylic acids is 1. The van der Waals surface area contributed by atoms with Crippen LogP contribution in [0.2, 0.25) is 0 Å². The van der Waals surface area contributed by atoms with Gasteiger partial charge in [0.15, 0.2) is 6.10 Å². The van der Waals surface area contributed by atoms with Crippen molar-refractivity contribution in [2.75, 3.05) is 6.61 Å². The zero-order valence-electron chi connectivity index (χ0n) is 8.88. The number of aliphatic hydroxyl groups is 1. The van der Waals surface area contributed by atoms with Gasteiger partial charge in [-0.1, -0.05) is 0 Å². The summed E-state index contributed by atoms with van der Waals surface area (Å²) in [7, 11) is 0.